The van der Waals surface area contributed by atoms with Gasteiger partial charge in [-0.1, -0.05) is 58.0 Å². The van der Waals surface area contributed by atoms with Crippen molar-refractivity contribution in [2.24, 2.45) is 0 Å². The van der Waals surface area contributed by atoms with E-state index in [1.807, 2.05) is 33.8 Å². The topological polar surface area (TPSA) is 34.1 Å². The van der Waals surface area contributed by atoms with E-state index < -0.39 is 7.14 Å². The summed E-state index contributed by atoms with van der Waals surface area (Å²) >= 11 is 0. The van der Waals surface area contributed by atoms with Crippen LogP contribution in [0, 0.1) is 0 Å². The maximum Gasteiger partial charge on any atom is 0.221 e. The SMILES string of the molecule is CC(C)P(=O)(C(=O)c1ccccc1)C(C)C. The van der Waals surface area contributed by atoms with Crippen LogP contribution in [-0.4, -0.2) is 16.8 Å². The second-order valence-corrected chi connectivity index (χ2v) is 8.46. The van der Waals surface area contributed by atoms with Crippen LogP contribution in [0.4, 0.5) is 0 Å². The second kappa shape index (κ2) is 4.97. The van der Waals surface area contributed by atoms with E-state index in [9.17, 15) is 9.36 Å². The van der Waals surface area contributed by atoms with Gasteiger partial charge in [0.2, 0.25) is 5.52 Å². The number of benzene rings is 1. The van der Waals surface area contributed by atoms with E-state index in [-0.39, 0.29) is 16.8 Å². The van der Waals surface area contributed by atoms with Crippen molar-refractivity contribution in [3.05, 3.63) is 35.9 Å². The first-order valence-electron chi connectivity index (χ1n) is 5.60. The Balaban J connectivity index is 3.18. The third-order valence-corrected chi connectivity index (χ3v) is 6.83. The van der Waals surface area contributed by atoms with E-state index in [1.54, 1.807) is 24.3 Å². The molecule has 0 saturated heterocycles. The lowest BCUT2D eigenvalue weighted by Gasteiger charge is -2.24. The summed E-state index contributed by atoms with van der Waals surface area (Å²) in [6, 6.07) is 8.93. The second-order valence-electron chi connectivity index (χ2n) is 4.57. The van der Waals surface area contributed by atoms with Crippen LogP contribution in [0.3, 0.4) is 0 Å². The fourth-order valence-corrected chi connectivity index (χ4v) is 4.53. The summed E-state index contributed by atoms with van der Waals surface area (Å²) in [7, 11) is -2.82. The standard InChI is InChI=1S/C13H19O2P/c1-10(2)16(15,11(3)4)13(14)12-8-6-5-7-9-12/h5-11H,1-4H3. The summed E-state index contributed by atoms with van der Waals surface area (Å²) in [6.45, 7) is 7.45. The molecule has 0 aromatic heterocycles. The molecule has 0 atom stereocenters. The summed E-state index contributed by atoms with van der Waals surface area (Å²) in [6.07, 6.45) is 0. The smallest absolute Gasteiger partial charge is 0.221 e. The first kappa shape index (κ1) is 13.2. The van der Waals surface area contributed by atoms with Crippen LogP contribution in [0.1, 0.15) is 38.1 Å². The highest BCUT2D eigenvalue weighted by Gasteiger charge is 2.38. The highest BCUT2D eigenvalue weighted by atomic mass is 31.2. The third kappa shape index (κ3) is 2.27. The highest BCUT2D eigenvalue weighted by molar-refractivity contribution is 7.82. The van der Waals surface area contributed by atoms with Crippen molar-refractivity contribution in [3.63, 3.8) is 0 Å². The van der Waals surface area contributed by atoms with Gasteiger partial charge >= 0.3 is 0 Å². The van der Waals surface area contributed by atoms with Crippen LogP contribution < -0.4 is 0 Å². The van der Waals surface area contributed by atoms with Crippen LogP contribution in [0.25, 0.3) is 0 Å². The predicted octanol–water partition coefficient (Wildman–Crippen LogP) is 4.01. The zero-order chi connectivity index (χ0) is 12.3. The first-order valence-corrected chi connectivity index (χ1v) is 7.44. The van der Waals surface area contributed by atoms with Gasteiger partial charge in [0.25, 0.3) is 0 Å². The van der Waals surface area contributed by atoms with E-state index in [4.69, 9.17) is 0 Å². The molecule has 0 N–H and O–H groups in total. The molecule has 0 radical (unpaired) electrons. The number of hydrogen-bond donors (Lipinski definition) is 0. The number of rotatable bonds is 4. The van der Waals surface area contributed by atoms with Gasteiger partial charge in [0.1, 0.15) is 0 Å². The van der Waals surface area contributed by atoms with Gasteiger partial charge in [-0.2, -0.15) is 0 Å². The van der Waals surface area contributed by atoms with Crippen molar-refractivity contribution in [3.8, 4) is 0 Å². The van der Waals surface area contributed by atoms with Gasteiger partial charge in [-0.3, -0.25) is 4.79 Å². The summed E-state index contributed by atoms with van der Waals surface area (Å²) in [5, 5.41) is 0. The summed E-state index contributed by atoms with van der Waals surface area (Å²) in [4.78, 5) is 12.3. The van der Waals surface area contributed by atoms with Crippen LogP contribution in [0.15, 0.2) is 30.3 Å². The quantitative estimate of drug-likeness (QED) is 0.743. The Morgan fingerprint density at radius 2 is 1.44 bits per heavy atom. The maximum atomic E-state index is 12.8. The van der Waals surface area contributed by atoms with Crippen molar-refractivity contribution in [2.75, 3.05) is 0 Å². The van der Waals surface area contributed by atoms with Gasteiger partial charge in [-0.05, 0) is 0 Å². The first-order chi connectivity index (χ1) is 7.40. The minimum Gasteiger partial charge on any atom is -0.315 e. The Bertz CT molecular complexity index is 395. The molecule has 0 fully saturated rings. The molecule has 0 saturated carbocycles. The van der Waals surface area contributed by atoms with Gasteiger partial charge in [-0.25, -0.2) is 0 Å². The average molecular weight is 238 g/mol. The van der Waals surface area contributed by atoms with Crippen LogP contribution in [0.2, 0.25) is 0 Å². The van der Waals surface area contributed by atoms with Crippen molar-refractivity contribution in [1.29, 1.82) is 0 Å². The Morgan fingerprint density at radius 3 is 1.81 bits per heavy atom. The zero-order valence-electron chi connectivity index (χ0n) is 10.3. The minimum absolute atomic E-state index is 0.0970. The van der Waals surface area contributed by atoms with Crippen molar-refractivity contribution in [2.45, 2.75) is 39.0 Å². The fourth-order valence-electron chi connectivity index (χ4n) is 1.85. The molecule has 3 heteroatoms. The molecular weight excluding hydrogens is 219 g/mol. The van der Waals surface area contributed by atoms with E-state index in [0.717, 1.165) is 0 Å². The molecule has 1 rings (SSSR count). The molecular formula is C13H19O2P. The lowest BCUT2D eigenvalue weighted by Crippen LogP contribution is -2.16. The van der Waals surface area contributed by atoms with Crippen LogP contribution >= 0.6 is 7.14 Å². The largest absolute Gasteiger partial charge is 0.315 e. The Hall–Kier alpha value is -0.880. The Labute approximate surface area is 97.4 Å². The summed E-state index contributed by atoms with van der Waals surface area (Å²) < 4.78 is 12.8. The van der Waals surface area contributed by atoms with Gasteiger partial charge < -0.3 is 4.57 Å². The number of carbonyl (C=O) groups is 1. The van der Waals surface area contributed by atoms with Crippen molar-refractivity contribution in [1.82, 2.24) is 0 Å². The molecule has 0 heterocycles. The molecule has 0 aliphatic carbocycles. The molecule has 1 aromatic rings. The molecule has 0 unspecified atom stereocenters. The van der Waals surface area contributed by atoms with Gasteiger partial charge in [-0.15, -0.1) is 0 Å². The Kier molecular flexibility index (Phi) is 4.09. The summed E-state index contributed by atoms with van der Waals surface area (Å²) in [5.74, 6) is 0. The van der Waals surface area contributed by atoms with E-state index in [0.29, 0.717) is 5.56 Å². The molecule has 16 heavy (non-hydrogen) atoms. The highest BCUT2D eigenvalue weighted by Crippen LogP contribution is 2.57. The molecule has 0 amide bonds. The monoisotopic (exact) mass is 238 g/mol. The average Bonchev–Trinajstić information content (AvgIpc) is 2.27. The molecule has 0 aliphatic rings. The van der Waals surface area contributed by atoms with Gasteiger partial charge in [0.05, 0.1) is 0 Å². The molecule has 2 nitrogen and oxygen atoms in total. The third-order valence-electron chi connectivity index (χ3n) is 2.87. The number of hydrogen-bond acceptors (Lipinski definition) is 2. The zero-order valence-corrected chi connectivity index (χ0v) is 11.2. The fraction of sp³-hybridized carbons (Fsp3) is 0.462. The van der Waals surface area contributed by atoms with Gasteiger partial charge in [0.15, 0.2) is 7.14 Å². The Morgan fingerprint density at radius 1 is 1.00 bits per heavy atom. The van der Waals surface area contributed by atoms with Gasteiger partial charge in [0, 0.05) is 16.9 Å². The van der Waals surface area contributed by atoms with E-state index >= 15 is 0 Å². The molecule has 0 spiro atoms. The normalized spacial score (nSPS) is 12.1. The predicted molar refractivity (Wildman–Crippen MR) is 68.7 cm³/mol. The van der Waals surface area contributed by atoms with E-state index in [2.05, 4.69) is 0 Å². The lowest BCUT2D eigenvalue weighted by molar-refractivity contribution is 0.107. The molecule has 1 aromatic carbocycles. The summed E-state index contributed by atoms with van der Waals surface area (Å²) in [5.41, 5.74) is 0.187. The van der Waals surface area contributed by atoms with E-state index in [1.165, 1.54) is 0 Å². The molecule has 88 valence electrons. The minimum atomic E-state index is -2.82. The molecule has 0 aliphatic heterocycles. The number of carbonyl (C=O) groups excluding carboxylic acids is 1. The van der Waals surface area contributed by atoms with Crippen molar-refractivity contribution < 1.29 is 9.36 Å². The maximum absolute atomic E-state index is 12.8. The molecule has 0 bridgehead atoms. The van der Waals surface area contributed by atoms with Crippen LogP contribution in [-0.2, 0) is 4.57 Å². The lowest BCUT2D eigenvalue weighted by atomic mass is 10.2. The van der Waals surface area contributed by atoms with Crippen LogP contribution in [0.5, 0.6) is 0 Å². The van der Waals surface area contributed by atoms with Crippen molar-refractivity contribution >= 4 is 12.7 Å².